The lowest BCUT2D eigenvalue weighted by Gasteiger charge is -2.29. The van der Waals surface area contributed by atoms with Gasteiger partial charge in [0.25, 0.3) is 5.91 Å². The summed E-state index contributed by atoms with van der Waals surface area (Å²) in [5.41, 5.74) is 0.605. The van der Waals surface area contributed by atoms with Crippen LogP contribution in [0.3, 0.4) is 0 Å². The monoisotopic (exact) mass is 401 g/mol. The van der Waals surface area contributed by atoms with Crippen LogP contribution in [0.5, 0.6) is 11.5 Å². The third-order valence-electron chi connectivity index (χ3n) is 5.38. The summed E-state index contributed by atoms with van der Waals surface area (Å²) in [6.45, 7) is 3.61. The van der Waals surface area contributed by atoms with Crippen LogP contribution in [0.4, 0.5) is 5.69 Å². The molecule has 1 aliphatic carbocycles. The topological polar surface area (TPSA) is 103 Å². The Bertz CT molecular complexity index is 900. The van der Waals surface area contributed by atoms with E-state index < -0.39 is 5.54 Å². The molecule has 0 unspecified atom stereocenters. The van der Waals surface area contributed by atoms with Crippen molar-refractivity contribution in [3.8, 4) is 11.5 Å². The second-order valence-corrected chi connectivity index (χ2v) is 7.18. The van der Waals surface area contributed by atoms with Crippen molar-refractivity contribution in [1.82, 2.24) is 10.5 Å². The number of hydrogen-bond acceptors (Lipinski definition) is 6. The minimum absolute atomic E-state index is 0.247. The fraction of sp³-hybridized carbons (Fsp3) is 0.476. The molecule has 0 saturated heterocycles. The quantitative estimate of drug-likeness (QED) is 0.738. The van der Waals surface area contributed by atoms with Gasteiger partial charge in [-0.15, -0.1) is 0 Å². The van der Waals surface area contributed by atoms with Crippen LogP contribution in [-0.4, -0.2) is 36.7 Å². The summed E-state index contributed by atoms with van der Waals surface area (Å²) in [5.74, 6) is 0.965. The van der Waals surface area contributed by atoms with Crippen LogP contribution in [0.25, 0.3) is 0 Å². The average Bonchev–Trinajstić information content (AvgIpc) is 3.34. The number of nitrogens with one attached hydrogen (secondary N) is 2. The third kappa shape index (κ3) is 4.06. The summed E-state index contributed by atoms with van der Waals surface area (Å²) in [5, 5.41) is 9.83. The molecule has 8 heteroatoms. The van der Waals surface area contributed by atoms with Gasteiger partial charge in [0.05, 0.1) is 19.9 Å². The van der Waals surface area contributed by atoms with Crippen molar-refractivity contribution in [3.63, 3.8) is 0 Å². The first-order valence-corrected chi connectivity index (χ1v) is 9.75. The fourth-order valence-electron chi connectivity index (χ4n) is 3.78. The standard InChI is InChI=1S/C21H27N3O5/c1-5-15-18(13(2)29-24-15)19(25)23-21(10-6-7-11-21)20(26)22-14-8-9-16(27-3)17(12-14)28-4/h8-9,12H,5-7,10-11H2,1-4H3,(H,22,26)(H,23,25). The number of rotatable bonds is 7. The van der Waals surface area contributed by atoms with Gasteiger partial charge in [-0.3, -0.25) is 9.59 Å². The van der Waals surface area contributed by atoms with Gasteiger partial charge in [0, 0.05) is 11.8 Å². The maximum absolute atomic E-state index is 13.2. The smallest absolute Gasteiger partial charge is 0.257 e. The van der Waals surface area contributed by atoms with E-state index in [4.69, 9.17) is 14.0 Å². The minimum atomic E-state index is -0.973. The van der Waals surface area contributed by atoms with Gasteiger partial charge in [-0.25, -0.2) is 0 Å². The van der Waals surface area contributed by atoms with Gasteiger partial charge in [-0.2, -0.15) is 0 Å². The number of nitrogens with zero attached hydrogens (tertiary/aromatic N) is 1. The highest BCUT2D eigenvalue weighted by atomic mass is 16.5. The molecule has 1 aromatic heterocycles. The molecule has 156 valence electrons. The highest BCUT2D eigenvalue weighted by molar-refractivity contribution is 6.04. The van der Waals surface area contributed by atoms with E-state index in [1.54, 1.807) is 32.2 Å². The Labute approximate surface area is 169 Å². The molecule has 0 atom stereocenters. The number of aryl methyl sites for hydroxylation is 2. The molecule has 0 radical (unpaired) electrons. The second-order valence-electron chi connectivity index (χ2n) is 7.18. The molecule has 2 amide bonds. The molecule has 2 N–H and O–H groups in total. The number of hydrogen-bond donors (Lipinski definition) is 2. The van der Waals surface area contributed by atoms with E-state index in [0.717, 1.165) is 12.8 Å². The van der Waals surface area contributed by atoms with E-state index in [9.17, 15) is 9.59 Å². The summed E-state index contributed by atoms with van der Waals surface area (Å²) >= 11 is 0. The van der Waals surface area contributed by atoms with E-state index in [2.05, 4.69) is 15.8 Å². The minimum Gasteiger partial charge on any atom is -0.493 e. The van der Waals surface area contributed by atoms with E-state index in [1.165, 1.54) is 7.11 Å². The molecular weight excluding hydrogens is 374 g/mol. The van der Waals surface area contributed by atoms with Crippen molar-refractivity contribution < 1.29 is 23.6 Å². The summed E-state index contributed by atoms with van der Waals surface area (Å²) in [7, 11) is 3.09. The van der Waals surface area contributed by atoms with Crippen LogP contribution in [0.15, 0.2) is 22.7 Å². The molecule has 8 nitrogen and oxygen atoms in total. The Morgan fingerprint density at radius 2 is 1.86 bits per heavy atom. The van der Waals surface area contributed by atoms with Crippen molar-refractivity contribution in [1.29, 1.82) is 0 Å². The van der Waals surface area contributed by atoms with Crippen molar-refractivity contribution >= 4 is 17.5 Å². The van der Waals surface area contributed by atoms with E-state index in [-0.39, 0.29) is 11.8 Å². The first-order chi connectivity index (χ1) is 13.9. The molecule has 0 spiro atoms. The van der Waals surface area contributed by atoms with Crippen molar-refractivity contribution in [2.45, 2.75) is 51.5 Å². The van der Waals surface area contributed by atoms with Gasteiger partial charge in [-0.1, -0.05) is 24.9 Å². The van der Waals surface area contributed by atoms with Gasteiger partial charge in [0.2, 0.25) is 5.91 Å². The lowest BCUT2D eigenvalue weighted by molar-refractivity contribution is -0.122. The number of carbonyl (C=O) groups excluding carboxylic acids is 2. The number of anilines is 1. The largest absolute Gasteiger partial charge is 0.493 e. The molecule has 0 aliphatic heterocycles. The fourth-order valence-corrected chi connectivity index (χ4v) is 3.78. The van der Waals surface area contributed by atoms with Crippen LogP contribution < -0.4 is 20.1 Å². The molecule has 1 aliphatic rings. The summed E-state index contributed by atoms with van der Waals surface area (Å²) in [4.78, 5) is 26.2. The second kappa shape index (κ2) is 8.55. The van der Waals surface area contributed by atoms with Crippen LogP contribution in [0, 0.1) is 6.92 Å². The Morgan fingerprint density at radius 3 is 2.48 bits per heavy atom. The molecular formula is C21H27N3O5. The van der Waals surface area contributed by atoms with E-state index >= 15 is 0 Å². The number of aromatic nitrogens is 1. The molecule has 1 aromatic carbocycles. The average molecular weight is 401 g/mol. The molecule has 29 heavy (non-hydrogen) atoms. The van der Waals surface area contributed by atoms with Gasteiger partial charge in [0.15, 0.2) is 11.5 Å². The van der Waals surface area contributed by atoms with E-state index in [1.807, 2.05) is 6.92 Å². The van der Waals surface area contributed by atoms with Crippen LogP contribution in [0.1, 0.15) is 54.4 Å². The molecule has 1 heterocycles. The van der Waals surface area contributed by atoms with E-state index in [0.29, 0.717) is 53.5 Å². The molecule has 0 bridgehead atoms. The number of methoxy groups -OCH3 is 2. The van der Waals surface area contributed by atoms with Crippen molar-refractivity contribution in [2.75, 3.05) is 19.5 Å². The number of benzene rings is 1. The van der Waals surface area contributed by atoms with Crippen LogP contribution >= 0.6 is 0 Å². The first-order valence-electron chi connectivity index (χ1n) is 9.75. The number of carbonyl (C=O) groups is 2. The van der Waals surface area contributed by atoms with Gasteiger partial charge in [-0.05, 0) is 38.3 Å². The Kier molecular flexibility index (Phi) is 6.10. The predicted octanol–water partition coefficient (Wildman–Crippen LogP) is 3.24. The van der Waals surface area contributed by atoms with Gasteiger partial charge < -0.3 is 24.6 Å². The van der Waals surface area contributed by atoms with Gasteiger partial charge in [0.1, 0.15) is 16.9 Å². The summed E-state index contributed by atoms with van der Waals surface area (Å²) in [6, 6.07) is 5.16. The zero-order valence-electron chi connectivity index (χ0n) is 17.3. The maximum atomic E-state index is 13.2. The number of ether oxygens (including phenoxy) is 2. The highest BCUT2D eigenvalue weighted by Crippen LogP contribution is 2.34. The maximum Gasteiger partial charge on any atom is 0.257 e. The zero-order chi connectivity index (χ0) is 21.0. The lowest BCUT2D eigenvalue weighted by Crippen LogP contribution is -2.55. The van der Waals surface area contributed by atoms with Crippen molar-refractivity contribution in [2.24, 2.45) is 0 Å². The Hall–Kier alpha value is -3.03. The first kappa shape index (κ1) is 20.7. The van der Waals surface area contributed by atoms with Gasteiger partial charge >= 0.3 is 0 Å². The lowest BCUT2D eigenvalue weighted by atomic mass is 9.95. The zero-order valence-corrected chi connectivity index (χ0v) is 17.3. The molecule has 1 saturated carbocycles. The SMILES string of the molecule is CCc1noc(C)c1C(=O)NC1(C(=O)Nc2ccc(OC)c(OC)c2)CCCC1. The van der Waals surface area contributed by atoms with Crippen LogP contribution in [0.2, 0.25) is 0 Å². The molecule has 1 fully saturated rings. The molecule has 3 rings (SSSR count). The number of amides is 2. The highest BCUT2D eigenvalue weighted by Gasteiger charge is 2.43. The molecule has 2 aromatic rings. The summed E-state index contributed by atoms with van der Waals surface area (Å²) in [6.07, 6.45) is 3.45. The summed E-state index contributed by atoms with van der Waals surface area (Å²) < 4.78 is 15.7. The van der Waals surface area contributed by atoms with Crippen LogP contribution in [-0.2, 0) is 11.2 Å². The Morgan fingerprint density at radius 1 is 1.17 bits per heavy atom. The normalized spacial score (nSPS) is 15.0. The predicted molar refractivity (Wildman–Crippen MR) is 107 cm³/mol. The Balaban J connectivity index is 1.82. The van der Waals surface area contributed by atoms with Crippen molar-refractivity contribution in [3.05, 3.63) is 35.2 Å². The third-order valence-corrected chi connectivity index (χ3v) is 5.38.